The summed E-state index contributed by atoms with van der Waals surface area (Å²) in [6, 6.07) is 11.8. The quantitative estimate of drug-likeness (QED) is 0.635. The SMILES string of the molecule is CCCc1nnc2n1NC(c1ccc(F)cc1)C(C(=O)Nc1cc(C)ccc1C)S2. The summed E-state index contributed by atoms with van der Waals surface area (Å²) in [5, 5.41) is 11.7. The molecule has 1 aliphatic heterocycles. The second-order valence-corrected chi connectivity index (χ2v) is 8.60. The van der Waals surface area contributed by atoms with Crippen LogP contribution in [0, 0.1) is 19.7 Å². The average Bonchev–Trinajstić information content (AvgIpc) is 3.12. The van der Waals surface area contributed by atoms with E-state index in [2.05, 4.69) is 27.9 Å². The van der Waals surface area contributed by atoms with Crippen molar-refractivity contribution in [2.45, 2.75) is 50.1 Å². The van der Waals surface area contributed by atoms with E-state index in [9.17, 15) is 9.18 Å². The average molecular weight is 426 g/mol. The number of hydrogen-bond acceptors (Lipinski definition) is 5. The van der Waals surface area contributed by atoms with Gasteiger partial charge in [-0.05, 0) is 55.2 Å². The predicted octanol–water partition coefficient (Wildman–Crippen LogP) is 4.38. The van der Waals surface area contributed by atoms with Crippen molar-refractivity contribution in [3.8, 4) is 0 Å². The number of aromatic nitrogens is 3. The number of carbonyl (C=O) groups is 1. The second kappa shape index (κ2) is 8.47. The lowest BCUT2D eigenvalue weighted by molar-refractivity contribution is -0.116. The van der Waals surface area contributed by atoms with Crippen LogP contribution in [0.25, 0.3) is 0 Å². The fourth-order valence-electron chi connectivity index (χ4n) is 3.48. The first-order chi connectivity index (χ1) is 14.5. The van der Waals surface area contributed by atoms with Crippen molar-refractivity contribution >= 4 is 23.4 Å². The summed E-state index contributed by atoms with van der Waals surface area (Å²) in [5.41, 5.74) is 7.08. The third kappa shape index (κ3) is 4.05. The van der Waals surface area contributed by atoms with Crippen molar-refractivity contribution in [3.63, 3.8) is 0 Å². The summed E-state index contributed by atoms with van der Waals surface area (Å²) >= 11 is 1.37. The van der Waals surface area contributed by atoms with Crippen molar-refractivity contribution in [1.82, 2.24) is 14.9 Å². The summed E-state index contributed by atoms with van der Waals surface area (Å²) < 4.78 is 15.4. The number of rotatable bonds is 5. The number of hydrogen-bond donors (Lipinski definition) is 2. The van der Waals surface area contributed by atoms with Gasteiger partial charge >= 0.3 is 0 Å². The molecule has 0 saturated heterocycles. The Morgan fingerprint density at radius 3 is 2.70 bits per heavy atom. The maximum Gasteiger partial charge on any atom is 0.240 e. The molecule has 0 bridgehead atoms. The predicted molar refractivity (Wildman–Crippen MR) is 117 cm³/mol. The number of aryl methyl sites for hydroxylation is 3. The Morgan fingerprint density at radius 2 is 1.97 bits per heavy atom. The number of nitrogens with zero attached hydrogens (tertiary/aromatic N) is 3. The minimum atomic E-state index is -0.499. The summed E-state index contributed by atoms with van der Waals surface area (Å²) in [6.45, 7) is 6.03. The molecule has 0 radical (unpaired) electrons. The number of benzene rings is 2. The van der Waals surface area contributed by atoms with Crippen LogP contribution in [0.5, 0.6) is 0 Å². The van der Waals surface area contributed by atoms with Crippen LogP contribution in [0.2, 0.25) is 0 Å². The maximum atomic E-state index is 13.5. The molecule has 3 aromatic rings. The highest BCUT2D eigenvalue weighted by Gasteiger charge is 2.37. The zero-order chi connectivity index (χ0) is 21.3. The smallest absolute Gasteiger partial charge is 0.240 e. The first kappa shape index (κ1) is 20.4. The molecule has 156 valence electrons. The summed E-state index contributed by atoms with van der Waals surface area (Å²) in [5.74, 6) is 0.373. The van der Waals surface area contributed by atoms with E-state index >= 15 is 0 Å². The lowest BCUT2D eigenvalue weighted by Gasteiger charge is -2.33. The number of halogens is 1. The molecule has 8 heteroatoms. The molecule has 1 aliphatic rings. The van der Waals surface area contributed by atoms with Crippen LogP contribution >= 0.6 is 11.8 Å². The van der Waals surface area contributed by atoms with Gasteiger partial charge in [0.25, 0.3) is 0 Å². The third-order valence-corrected chi connectivity index (χ3v) is 6.33. The summed E-state index contributed by atoms with van der Waals surface area (Å²) in [6.07, 6.45) is 1.71. The van der Waals surface area contributed by atoms with Crippen LogP contribution in [-0.2, 0) is 11.2 Å². The van der Waals surface area contributed by atoms with E-state index in [1.54, 1.807) is 12.1 Å². The standard InChI is InChI=1S/C22H24FN5OS/c1-4-5-18-25-26-22-28(18)27-19(15-8-10-16(23)11-9-15)20(30-22)21(29)24-17-12-13(2)6-7-14(17)3/h6-12,19-20,27H,4-5H2,1-3H3,(H,24,29). The number of fused-ring (bicyclic) bond motifs is 1. The van der Waals surface area contributed by atoms with Crippen LogP contribution in [0.4, 0.5) is 10.1 Å². The van der Waals surface area contributed by atoms with Gasteiger partial charge in [0.1, 0.15) is 11.1 Å². The van der Waals surface area contributed by atoms with Crippen LogP contribution in [0.1, 0.15) is 41.9 Å². The molecule has 2 unspecified atom stereocenters. The molecule has 2 N–H and O–H groups in total. The minimum Gasteiger partial charge on any atom is -0.325 e. The minimum absolute atomic E-state index is 0.137. The van der Waals surface area contributed by atoms with Gasteiger partial charge < -0.3 is 10.7 Å². The molecular formula is C22H24FN5OS. The van der Waals surface area contributed by atoms with Crippen molar-refractivity contribution in [2.75, 3.05) is 10.7 Å². The van der Waals surface area contributed by atoms with Gasteiger partial charge in [-0.2, -0.15) is 0 Å². The van der Waals surface area contributed by atoms with E-state index in [4.69, 9.17) is 0 Å². The van der Waals surface area contributed by atoms with Gasteiger partial charge in [0.05, 0.1) is 6.04 Å². The number of amides is 1. The van der Waals surface area contributed by atoms with Crippen LogP contribution in [-0.4, -0.2) is 26.0 Å². The molecular weight excluding hydrogens is 401 g/mol. The van der Waals surface area contributed by atoms with Gasteiger partial charge in [0.2, 0.25) is 11.1 Å². The molecule has 0 aliphatic carbocycles. The Bertz CT molecular complexity index is 1070. The number of anilines is 1. The molecule has 0 fully saturated rings. The molecule has 0 saturated carbocycles. The Labute approximate surface area is 179 Å². The molecule has 2 atom stereocenters. The monoisotopic (exact) mass is 425 g/mol. The molecule has 30 heavy (non-hydrogen) atoms. The number of nitrogens with one attached hydrogen (secondary N) is 2. The third-order valence-electron chi connectivity index (χ3n) is 5.12. The van der Waals surface area contributed by atoms with E-state index in [-0.39, 0.29) is 17.8 Å². The molecule has 1 amide bonds. The van der Waals surface area contributed by atoms with E-state index in [0.717, 1.165) is 41.0 Å². The first-order valence-electron chi connectivity index (χ1n) is 9.97. The Morgan fingerprint density at radius 1 is 1.20 bits per heavy atom. The highest BCUT2D eigenvalue weighted by atomic mass is 32.2. The van der Waals surface area contributed by atoms with Crippen molar-refractivity contribution in [2.24, 2.45) is 0 Å². The summed E-state index contributed by atoms with van der Waals surface area (Å²) in [4.78, 5) is 13.3. The molecule has 2 aromatic carbocycles. The van der Waals surface area contributed by atoms with E-state index in [0.29, 0.717) is 5.16 Å². The Balaban J connectivity index is 1.68. The van der Waals surface area contributed by atoms with Gasteiger partial charge in [-0.15, -0.1) is 10.2 Å². The summed E-state index contributed by atoms with van der Waals surface area (Å²) in [7, 11) is 0. The normalized spacial score (nSPS) is 17.9. The lowest BCUT2D eigenvalue weighted by Crippen LogP contribution is -2.41. The number of thioether (sulfide) groups is 1. The zero-order valence-corrected chi connectivity index (χ0v) is 18.0. The first-order valence-corrected chi connectivity index (χ1v) is 10.9. The highest BCUT2D eigenvalue weighted by Crippen LogP contribution is 2.38. The highest BCUT2D eigenvalue weighted by molar-refractivity contribution is 8.00. The fourth-order valence-corrected chi connectivity index (χ4v) is 4.58. The topological polar surface area (TPSA) is 71.8 Å². The molecule has 2 heterocycles. The lowest BCUT2D eigenvalue weighted by atomic mass is 10.0. The molecule has 6 nitrogen and oxygen atoms in total. The molecule has 0 spiro atoms. The van der Waals surface area contributed by atoms with Crippen LogP contribution in [0.15, 0.2) is 47.6 Å². The van der Waals surface area contributed by atoms with Crippen molar-refractivity contribution < 1.29 is 9.18 Å². The number of carbonyl (C=O) groups excluding carboxylic acids is 1. The zero-order valence-electron chi connectivity index (χ0n) is 17.1. The second-order valence-electron chi connectivity index (χ2n) is 7.49. The Kier molecular flexibility index (Phi) is 5.76. The van der Waals surface area contributed by atoms with E-state index in [1.807, 2.05) is 36.7 Å². The van der Waals surface area contributed by atoms with Gasteiger partial charge in [0.15, 0.2) is 5.82 Å². The maximum absolute atomic E-state index is 13.5. The van der Waals surface area contributed by atoms with Crippen LogP contribution < -0.4 is 10.7 Å². The molecule has 4 rings (SSSR count). The fraction of sp³-hybridized carbons (Fsp3) is 0.318. The van der Waals surface area contributed by atoms with Gasteiger partial charge in [0, 0.05) is 12.1 Å². The van der Waals surface area contributed by atoms with Crippen molar-refractivity contribution in [1.29, 1.82) is 0 Å². The van der Waals surface area contributed by atoms with Gasteiger partial charge in [-0.25, -0.2) is 9.07 Å². The van der Waals surface area contributed by atoms with Crippen LogP contribution in [0.3, 0.4) is 0 Å². The largest absolute Gasteiger partial charge is 0.325 e. The van der Waals surface area contributed by atoms with Gasteiger partial charge in [-0.3, -0.25) is 4.79 Å². The molecule has 1 aromatic heterocycles. The Hall–Kier alpha value is -2.87. The van der Waals surface area contributed by atoms with E-state index in [1.165, 1.54) is 23.9 Å². The van der Waals surface area contributed by atoms with E-state index < -0.39 is 5.25 Å². The van der Waals surface area contributed by atoms with Gasteiger partial charge in [-0.1, -0.05) is 43.0 Å². The van der Waals surface area contributed by atoms with Crippen molar-refractivity contribution in [3.05, 3.63) is 70.8 Å².